The number of carbonyl (C=O) groups excluding carboxylic acids is 1. The van der Waals surface area contributed by atoms with Crippen molar-refractivity contribution in [3.05, 3.63) is 0 Å². The van der Waals surface area contributed by atoms with E-state index in [9.17, 15) is 39.8 Å². The van der Waals surface area contributed by atoms with E-state index in [4.69, 9.17) is 16.6 Å². The van der Waals surface area contributed by atoms with E-state index in [0.29, 0.717) is 11.8 Å². The fourth-order valence-electron chi connectivity index (χ4n) is 4.80. The molecule has 0 saturated heterocycles. The summed E-state index contributed by atoms with van der Waals surface area (Å²) in [5.74, 6) is 2.39. The number of carbonyl (C=O) groups is 1. The molecule has 0 aromatic carbocycles. The number of aliphatic hydroxyl groups is 6. The summed E-state index contributed by atoms with van der Waals surface area (Å²) in [4.78, 5) is 21.2. The summed E-state index contributed by atoms with van der Waals surface area (Å²) < 4.78 is 20.3. The minimum atomic E-state index is -3.99. The van der Waals surface area contributed by atoms with E-state index in [1.165, 1.54) is 19.9 Å². The maximum absolute atomic E-state index is 10.6. The van der Waals surface area contributed by atoms with Gasteiger partial charge in [-0.15, -0.1) is 0 Å². The molecule has 0 aromatic heterocycles. The molecule has 0 aromatic rings. The molecule has 15 heteroatoms. The Hall–Kier alpha value is -0.580. The number of phosphoric ester groups is 1. The number of nitrogens with two attached hydrogens (primary N) is 2. The first-order chi connectivity index (χ1) is 25.8. The Labute approximate surface area is 365 Å². The third kappa shape index (κ3) is 46.7. The second-order valence-corrected chi connectivity index (χ2v) is 19.9. The lowest BCUT2D eigenvalue weighted by atomic mass is 9.73. The molecule has 7 unspecified atom stereocenters. The van der Waals surface area contributed by atoms with E-state index in [1.807, 2.05) is 20.8 Å². The maximum atomic E-state index is 10.6. The predicted octanol–water partition coefficient (Wildman–Crippen LogP) is 5.99. The number of hydrogen-bond donors (Lipinski definition) is 8. The van der Waals surface area contributed by atoms with E-state index in [2.05, 4.69) is 85.6 Å². The molecule has 0 aliphatic heterocycles. The molecule has 0 bridgehead atoms. The van der Waals surface area contributed by atoms with Crippen molar-refractivity contribution in [3.8, 4) is 0 Å². The second kappa shape index (κ2) is 40.2. The number of rotatable bonds is 17. The number of quaternary nitrogens is 1. The normalized spacial score (nSPS) is 22.4. The lowest BCUT2D eigenvalue weighted by molar-refractivity contribution is -0.870. The Morgan fingerprint density at radius 3 is 1.31 bits per heavy atom. The molecule has 59 heavy (non-hydrogen) atoms. The summed E-state index contributed by atoms with van der Waals surface area (Å²) in [5.41, 5.74) is 10.7. The van der Waals surface area contributed by atoms with Crippen molar-refractivity contribution in [3.63, 3.8) is 0 Å². The highest BCUT2D eigenvalue weighted by molar-refractivity contribution is 7.45. The van der Waals surface area contributed by atoms with Crippen molar-refractivity contribution < 1.29 is 58.4 Å². The van der Waals surface area contributed by atoms with Gasteiger partial charge in [0.25, 0.3) is 7.82 Å². The Balaban J connectivity index is -0.000000111. The largest absolute Gasteiger partial charge is 0.756 e. The molecule has 0 spiro atoms. The minimum Gasteiger partial charge on any atom is -0.756 e. The van der Waals surface area contributed by atoms with Crippen LogP contribution in [0.25, 0.3) is 0 Å². The predicted molar refractivity (Wildman–Crippen MR) is 247 cm³/mol. The summed E-state index contributed by atoms with van der Waals surface area (Å²) in [7, 11) is 3.81. The van der Waals surface area contributed by atoms with Crippen molar-refractivity contribution >= 4 is 13.6 Å². The van der Waals surface area contributed by atoms with Gasteiger partial charge in [-0.1, -0.05) is 111 Å². The first kappa shape index (κ1) is 72.8. The molecular formula is C44H104N3O11P. The van der Waals surface area contributed by atoms with Gasteiger partial charge in [-0.25, -0.2) is 0 Å². The van der Waals surface area contributed by atoms with Crippen LogP contribution in [0.1, 0.15) is 150 Å². The van der Waals surface area contributed by atoms with Crippen LogP contribution < -0.4 is 16.4 Å². The van der Waals surface area contributed by atoms with Gasteiger partial charge >= 0.3 is 0 Å². The summed E-state index contributed by atoms with van der Waals surface area (Å²) in [5, 5.41) is 56.2. The van der Waals surface area contributed by atoms with Gasteiger partial charge < -0.3 is 60.5 Å². The first-order valence-electron chi connectivity index (χ1n) is 21.1. The molecular weight excluding hydrogens is 777 g/mol. The van der Waals surface area contributed by atoms with Crippen molar-refractivity contribution in [1.82, 2.24) is 0 Å². The molecule has 1 aliphatic carbocycles. The van der Waals surface area contributed by atoms with Crippen molar-refractivity contribution in [1.29, 1.82) is 0 Å². The van der Waals surface area contributed by atoms with Crippen LogP contribution in [0.4, 0.5) is 0 Å². The fourth-order valence-corrected chi connectivity index (χ4v) is 5.35. The molecule has 1 rings (SSSR count). The molecule has 1 fully saturated rings. The zero-order valence-corrected chi connectivity index (χ0v) is 40.6. The highest BCUT2D eigenvalue weighted by Gasteiger charge is 2.48. The van der Waals surface area contributed by atoms with Crippen LogP contribution in [0.5, 0.6) is 0 Å². The molecule has 1 saturated carbocycles. The van der Waals surface area contributed by atoms with Crippen LogP contribution in [-0.2, 0) is 18.4 Å². The van der Waals surface area contributed by atoms with E-state index >= 15 is 0 Å². The highest BCUT2D eigenvalue weighted by Crippen LogP contribution is 2.37. The zero-order chi connectivity index (χ0) is 46.4. The number of aliphatic hydroxyl groups excluding tert-OH is 6. The lowest BCUT2D eigenvalue weighted by Crippen LogP contribution is -2.62. The molecule has 10 N–H and O–H groups in total. The zero-order valence-electron chi connectivity index (χ0n) is 39.7. The van der Waals surface area contributed by atoms with Crippen LogP contribution in [0.2, 0.25) is 0 Å². The van der Waals surface area contributed by atoms with E-state index in [0.717, 1.165) is 62.1 Å². The summed E-state index contributed by atoms with van der Waals surface area (Å²) >= 11 is 0. The van der Waals surface area contributed by atoms with Crippen molar-refractivity contribution in [2.45, 2.75) is 193 Å². The van der Waals surface area contributed by atoms with Crippen LogP contribution in [-0.4, -0.2) is 132 Å². The van der Waals surface area contributed by atoms with E-state index < -0.39 is 44.3 Å². The molecule has 0 amide bonds. The standard InChI is InChI=1S/C9H18O5.C8H20N.C7H15NO.C7H16O.C6H15O4P.C5H13N.2CH4/c1-3(2)4-5(10)7(12)9(14)8(13)6(4)11;1-8(2)6-7-9(3,4)5;1-5(2)4-7(8)6(3)9;1-4-7(8)5-6(2)3;1-4-6(2)5-10-11(7,8)9-3;1-5(2)3-4-6;;/h3-14H,1-2H3;8H,6-7H2,1-5H3;5,7H,4,8H2,1-3H3;6-8H,4-5H2,1-3H3;6H,4-5H2,1-3H3,(H,7,8);5H,3-4,6H2,1-2H3;2*1H4/q;+1;;;;;;/p-1/t;;7-;;;;;/m..0...../s1. The number of phosphoric acid groups is 1. The highest BCUT2D eigenvalue weighted by atomic mass is 31.2. The third-order valence-electron chi connectivity index (χ3n) is 8.98. The van der Waals surface area contributed by atoms with Gasteiger partial charge in [-0.2, -0.15) is 0 Å². The Bertz CT molecular complexity index is 953. The van der Waals surface area contributed by atoms with Crippen LogP contribution >= 0.6 is 7.82 Å². The quantitative estimate of drug-likeness (QED) is 0.0618. The van der Waals surface area contributed by atoms with E-state index in [-0.39, 0.29) is 51.2 Å². The molecule has 366 valence electrons. The Morgan fingerprint density at radius 2 is 1.12 bits per heavy atom. The van der Waals surface area contributed by atoms with Crippen molar-refractivity contribution in [2.75, 3.05) is 47.9 Å². The van der Waals surface area contributed by atoms with Gasteiger partial charge in [0.2, 0.25) is 0 Å². The van der Waals surface area contributed by atoms with Gasteiger partial charge in [0.15, 0.2) is 0 Å². The maximum Gasteiger partial charge on any atom is 0.267 e. The molecule has 1 aliphatic rings. The third-order valence-corrected chi connectivity index (χ3v) is 9.89. The van der Waals surface area contributed by atoms with E-state index in [1.54, 1.807) is 13.8 Å². The molecule has 14 nitrogen and oxygen atoms in total. The van der Waals surface area contributed by atoms with Gasteiger partial charge in [0.1, 0.15) is 24.1 Å². The monoisotopic (exact) mass is 882 g/mol. The van der Waals surface area contributed by atoms with Crippen LogP contribution in [0, 0.1) is 41.4 Å². The van der Waals surface area contributed by atoms with Crippen LogP contribution in [0.3, 0.4) is 0 Å². The second-order valence-electron chi connectivity index (χ2n) is 18.4. The first-order valence-corrected chi connectivity index (χ1v) is 22.6. The Kier molecular flexibility index (Phi) is 49.7. The molecule has 0 heterocycles. The Morgan fingerprint density at radius 1 is 0.729 bits per heavy atom. The van der Waals surface area contributed by atoms with Gasteiger partial charge in [0, 0.05) is 13.0 Å². The number of nitrogens with zero attached hydrogens (tertiary/aromatic N) is 1. The molecule has 0 radical (unpaired) electrons. The van der Waals surface area contributed by atoms with Crippen LogP contribution in [0.15, 0.2) is 0 Å². The topological polar surface area (TPSA) is 249 Å². The average molecular weight is 882 g/mol. The smallest absolute Gasteiger partial charge is 0.267 e. The van der Waals surface area contributed by atoms with Gasteiger partial charge in [-0.05, 0) is 81.1 Å². The summed E-state index contributed by atoms with van der Waals surface area (Å²) in [6.45, 7) is 30.5. The average Bonchev–Trinajstić information content (AvgIpc) is 3.08. The summed E-state index contributed by atoms with van der Waals surface area (Å²) in [6.07, 6.45) is -0.768. The SMILES string of the molecule is C.C.CC(=O)[C@@H](N)CC(C)C.CC(C)C1C(O)C(O)C(O)C(O)C1O.CC(C)CCN.CC(C)CC[N+](C)(C)C.CCC(C)COP(=O)([O-])OC.CCC(O)CC(C)C. The van der Waals surface area contributed by atoms with Gasteiger partial charge in [0.05, 0.1) is 58.6 Å². The summed E-state index contributed by atoms with van der Waals surface area (Å²) in [6, 6.07) is -0.245. The number of Topliss-reactive ketones (excluding diaryl/α,β-unsaturated/α-hetero) is 1. The number of hydrogen-bond acceptors (Lipinski definition) is 13. The molecule has 8 atom stereocenters. The lowest BCUT2D eigenvalue weighted by Gasteiger charge is -2.43. The fraction of sp³-hybridized carbons (Fsp3) is 0.977. The van der Waals surface area contributed by atoms with Gasteiger partial charge in [-0.3, -0.25) is 9.36 Å². The number of ketones is 1. The minimum absolute atomic E-state index is 0. The van der Waals surface area contributed by atoms with Crippen molar-refractivity contribution in [2.24, 2.45) is 52.9 Å².